The zero-order chi connectivity index (χ0) is 29.7. The van der Waals surface area contributed by atoms with E-state index < -0.39 is 38.1 Å². The summed E-state index contributed by atoms with van der Waals surface area (Å²) in [7, 11) is -2.73. The van der Waals surface area contributed by atoms with Gasteiger partial charge in [0.05, 0.1) is 19.3 Å². The monoisotopic (exact) mass is 571 g/mol. The van der Waals surface area contributed by atoms with Gasteiger partial charge >= 0.3 is 6.09 Å². The average molecular weight is 572 g/mol. The van der Waals surface area contributed by atoms with Crippen LogP contribution < -0.4 is 10.4 Å². The van der Waals surface area contributed by atoms with Gasteiger partial charge in [0.2, 0.25) is 0 Å². The van der Waals surface area contributed by atoms with Crippen LogP contribution in [0.1, 0.15) is 47.1 Å². The lowest BCUT2D eigenvalue weighted by molar-refractivity contribution is -0.167. The van der Waals surface area contributed by atoms with Gasteiger partial charge in [-0.25, -0.2) is 9.69 Å². The van der Waals surface area contributed by atoms with E-state index in [4.69, 9.17) is 13.9 Å². The lowest BCUT2D eigenvalue weighted by Crippen LogP contribution is -2.67. The maximum Gasteiger partial charge on any atom is 0.417 e. The number of imide groups is 1. The maximum absolute atomic E-state index is 13.1. The summed E-state index contributed by atoms with van der Waals surface area (Å²) in [6.07, 6.45) is 2.27. The van der Waals surface area contributed by atoms with Crippen LogP contribution in [-0.4, -0.2) is 49.6 Å². The van der Waals surface area contributed by atoms with Crippen LogP contribution in [0.15, 0.2) is 103 Å². The van der Waals surface area contributed by atoms with Crippen molar-refractivity contribution in [2.24, 2.45) is 0 Å². The minimum atomic E-state index is -2.73. The molecule has 0 unspecified atom stereocenters. The van der Waals surface area contributed by atoms with Crippen LogP contribution in [0, 0.1) is 0 Å². The molecule has 41 heavy (non-hydrogen) atoms. The summed E-state index contributed by atoms with van der Waals surface area (Å²) < 4.78 is 18.5. The standard InChI is InChI=1S/C34H41NO5Si/c1-33(2,3)40-32(37)35-29(30(31(35)36)38-25-26-17-10-7-11-18-26)23-16-24-39-41(34(4,5)6,27-19-12-8-13-20-27)28-21-14-9-15-22-28/h7-23,29-30H,24-25H2,1-6H3/b23-16-/t29-,30+/m0/s1. The van der Waals surface area contributed by atoms with Gasteiger partial charge < -0.3 is 13.9 Å². The second-order valence-electron chi connectivity index (χ2n) is 12.3. The molecule has 0 spiro atoms. The minimum Gasteiger partial charge on any atom is -0.443 e. The third-order valence-corrected chi connectivity index (χ3v) is 12.1. The highest BCUT2D eigenvalue weighted by Crippen LogP contribution is 2.37. The second kappa shape index (κ2) is 12.6. The van der Waals surface area contributed by atoms with Gasteiger partial charge in [-0.2, -0.15) is 0 Å². The first-order valence-corrected chi connectivity index (χ1v) is 16.0. The molecule has 0 radical (unpaired) electrons. The van der Waals surface area contributed by atoms with Crippen LogP contribution in [0.4, 0.5) is 4.79 Å². The number of nitrogens with zero attached hydrogens (tertiary/aromatic N) is 1. The molecule has 0 bridgehead atoms. The zero-order valence-electron chi connectivity index (χ0n) is 24.9. The van der Waals surface area contributed by atoms with Crippen molar-refractivity contribution in [1.82, 2.24) is 4.90 Å². The van der Waals surface area contributed by atoms with Crippen molar-refractivity contribution < 1.29 is 23.5 Å². The first-order chi connectivity index (χ1) is 19.4. The summed E-state index contributed by atoms with van der Waals surface area (Å²) in [5.41, 5.74) is 0.224. The maximum atomic E-state index is 13.1. The number of amides is 2. The van der Waals surface area contributed by atoms with E-state index in [0.29, 0.717) is 6.61 Å². The van der Waals surface area contributed by atoms with Crippen molar-refractivity contribution >= 4 is 30.7 Å². The van der Waals surface area contributed by atoms with Gasteiger partial charge in [-0.05, 0) is 41.7 Å². The number of hydrogen-bond donors (Lipinski definition) is 0. The summed E-state index contributed by atoms with van der Waals surface area (Å²) in [4.78, 5) is 27.1. The molecule has 1 aliphatic rings. The molecule has 2 atom stereocenters. The third-order valence-electron chi connectivity index (χ3n) is 7.10. The Bertz CT molecular complexity index is 1290. The number of β-lactam (4-membered cyclic amide) rings is 1. The molecule has 0 N–H and O–H groups in total. The molecule has 1 aliphatic heterocycles. The lowest BCUT2D eigenvalue weighted by atomic mass is 9.98. The first kappa shape index (κ1) is 30.4. The normalized spacial score (nSPS) is 17.9. The van der Waals surface area contributed by atoms with Gasteiger partial charge in [-0.3, -0.25) is 4.79 Å². The molecule has 1 heterocycles. The predicted molar refractivity (Wildman–Crippen MR) is 165 cm³/mol. The van der Waals surface area contributed by atoms with E-state index in [9.17, 15) is 9.59 Å². The van der Waals surface area contributed by atoms with Crippen molar-refractivity contribution in [1.29, 1.82) is 0 Å². The molecule has 1 saturated heterocycles. The third kappa shape index (κ3) is 6.86. The molecule has 0 saturated carbocycles. The second-order valence-corrected chi connectivity index (χ2v) is 16.6. The highest BCUT2D eigenvalue weighted by Gasteiger charge is 2.52. The van der Waals surface area contributed by atoms with Crippen molar-refractivity contribution in [3.8, 4) is 0 Å². The number of hydrogen-bond acceptors (Lipinski definition) is 5. The van der Waals surface area contributed by atoms with Crippen molar-refractivity contribution in [2.45, 2.75) is 70.9 Å². The summed E-state index contributed by atoms with van der Waals surface area (Å²) in [6.45, 7) is 12.6. The molecule has 216 valence electrons. The Morgan fingerprint density at radius 3 is 1.83 bits per heavy atom. The van der Waals surface area contributed by atoms with Gasteiger partial charge in [-0.15, -0.1) is 0 Å². The summed E-state index contributed by atoms with van der Waals surface area (Å²) in [6, 6.07) is 29.9. The topological polar surface area (TPSA) is 65.1 Å². The highest BCUT2D eigenvalue weighted by atomic mass is 28.4. The summed E-state index contributed by atoms with van der Waals surface area (Å²) in [5, 5.41) is 2.20. The van der Waals surface area contributed by atoms with E-state index in [0.717, 1.165) is 10.5 Å². The molecule has 3 aromatic rings. The largest absolute Gasteiger partial charge is 0.443 e. The number of benzene rings is 3. The number of carbonyl (C=O) groups is 2. The molecular formula is C34H41NO5Si. The number of likely N-dealkylation sites (tertiary alicyclic amines) is 1. The number of ether oxygens (including phenoxy) is 2. The van der Waals surface area contributed by atoms with E-state index in [1.54, 1.807) is 20.8 Å². The summed E-state index contributed by atoms with van der Waals surface area (Å²) in [5.74, 6) is -0.405. The fourth-order valence-corrected chi connectivity index (χ4v) is 9.75. The van der Waals surface area contributed by atoms with Gasteiger partial charge in [0.15, 0.2) is 6.10 Å². The quantitative estimate of drug-likeness (QED) is 0.183. The molecule has 2 amide bonds. The van der Waals surface area contributed by atoms with E-state index in [-0.39, 0.29) is 11.6 Å². The smallest absolute Gasteiger partial charge is 0.417 e. The zero-order valence-corrected chi connectivity index (χ0v) is 25.9. The lowest BCUT2D eigenvalue weighted by Gasteiger charge is -2.44. The molecule has 6 nitrogen and oxygen atoms in total. The molecule has 4 rings (SSSR count). The van der Waals surface area contributed by atoms with Crippen LogP contribution in [-0.2, 0) is 25.3 Å². The first-order valence-electron chi connectivity index (χ1n) is 14.1. The molecule has 7 heteroatoms. The number of rotatable bonds is 9. The molecule has 3 aromatic carbocycles. The Labute approximate surface area is 245 Å². The van der Waals surface area contributed by atoms with Crippen LogP contribution in [0.3, 0.4) is 0 Å². The van der Waals surface area contributed by atoms with E-state index >= 15 is 0 Å². The van der Waals surface area contributed by atoms with Crippen molar-refractivity contribution in [3.05, 3.63) is 109 Å². The van der Waals surface area contributed by atoms with E-state index in [1.165, 1.54) is 10.4 Å². The van der Waals surface area contributed by atoms with Crippen LogP contribution in [0.5, 0.6) is 0 Å². The Kier molecular flexibility index (Phi) is 9.32. The number of carbonyl (C=O) groups excluding carboxylic acids is 2. The predicted octanol–water partition coefficient (Wildman–Crippen LogP) is 5.85. The minimum absolute atomic E-state index is 0.167. The molecule has 0 aromatic heterocycles. The Morgan fingerprint density at radius 1 is 0.829 bits per heavy atom. The van der Waals surface area contributed by atoms with Crippen molar-refractivity contribution in [3.63, 3.8) is 0 Å². The molecule has 0 aliphatic carbocycles. The average Bonchev–Trinajstić information content (AvgIpc) is 2.92. The Balaban J connectivity index is 1.58. The highest BCUT2D eigenvalue weighted by molar-refractivity contribution is 6.99. The fourth-order valence-electron chi connectivity index (χ4n) is 5.25. The molecular weight excluding hydrogens is 530 g/mol. The van der Waals surface area contributed by atoms with Gasteiger partial charge in [-0.1, -0.05) is 124 Å². The van der Waals surface area contributed by atoms with E-state index in [2.05, 4.69) is 69.3 Å². The van der Waals surface area contributed by atoms with Crippen LogP contribution >= 0.6 is 0 Å². The summed E-state index contributed by atoms with van der Waals surface area (Å²) >= 11 is 0. The van der Waals surface area contributed by atoms with Gasteiger partial charge in [0, 0.05) is 0 Å². The van der Waals surface area contributed by atoms with Crippen LogP contribution in [0.2, 0.25) is 5.04 Å². The van der Waals surface area contributed by atoms with Crippen molar-refractivity contribution in [2.75, 3.05) is 6.61 Å². The van der Waals surface area contributed by atoms with Crippen LogP contribution in [0.25, 0.3) is 0 Å². The SMILES string of the molecule is CC(C)(C)OC(=O)N1C(=O)[C@H](OCc2ccccc2)[C@@H]1/C=C\CO[Si](c1ccccc1)(c1ccccc1)C(C)(C)C. The Morgan fingerprint density at radius 2 is 1.34 bits per heavy atom. The van der Waals surface area contributed by atoms with Gasteiger partial charge in [0.25, 0.3) is 14.2 Å². The van der Waals surface area contributed by atoms with Gasteiger partial charge in [0.1, 0.15) is 5.60 Å². The van der Waals surface area contributed by atoms with E-state index in [1.807, 2.05) is 54.6 Å². The molecule has 1 fully saturated rings. The Hall–Kier alpha value is -3.52. The fraction of sp³-hybridized carbons (Fsp3) is 0.353.